The molecule has 0 radical (unpaired) electrons. The first-order valence-corrected chi connectivity index (χ1v) is 7.56. The number of esters is 1. The molecule has 3 rings (SSSR count). The van der Waals surface area contributed by atoms with E-state index in [1.807, 2.05) is 0 Å². The van der Waals surface area contributed by atoms with Crippen LogP contribution in [0.2, 0.25) is 0 Å². The lowest BCUT2D eigenvalue weighted by molar-refractivity contribution is -0.116. The van der Waals surface area contributed by atoms with Crippen LogP contribution in [0.25, 0.3) is 0 Å². The molecule has 3 heterocycles. The molecule has 2 unspecified atom stereocenters. The van der Waals surface area contributed by atoms with Crippen LogP contribution in [0.15, 0.2) is 10.6 Å². The lowest BCUT2D eigenvalue weighted by atomic mass is 10.0. The van der Waals surface area contributed by atoms with Gasteiger partial charge >= 0.3 is 5.97 Å². The van der Waals surface area contributed by atoms with Crippen LogP contribution >= 0.6 is 12.4 Å². The van der Waals surface area contributed by atoms with Crippen molar-refractivity contribution in [2.24, 2.45) is 0 Å². The van der Waals surface area contributed by atoms with E-state index in [4.69, 9.17) is 9.26 Å². The van der Waals surface area contributed by atoms with E-state index in [-0.39, 0.29) is 18.4 Å². The van der Waals surface area contributed by atoms with Crippen molar-refractivity contribution in [1.29, 1.82) is 0 Å². The van der Waals surface area contributed by atoms with Crippen LogP contribution in [0.5, 0.6) is 0 Å². The van der Waals surface area contributed by atoms with Crippen molar-refractivity contribution in [1.82, 2.24) is 10.1 Å². The number of hydrogen-bond donors (Lipinski definition) is 0. The number of rotatable bonds is 4. The molecule has 2 aliphatic heterocycles. The van der Waals surface area contributed by atoms with E-state index < -0.39 is 5.72 Å². The summed E-state index contributed by atoms with van der Waals surface area (Å²) in [6.07, 6.45) is 7.07. The maximum atomic E-state index is 12.3. The summed E-state index contributed by atoms with van der Waals surface area (Å²) >= 11 is 0. The second kappa shape index (κ2) is 6.36. The second-order valence-corrected chi connectivity index (χ2v) is 5.96. The number of aryl methyl sites for hydroxylation is 1. The first-order chi connectivity index (χ1) is 9.64. The van der Waals surface area contributed by atoms with Gasteiger partial charge in [0, 0.05) is 31.4 Å². The number of nitrogens with zero attached hydrogens (tertiary/aromatic N) is 2. The highest BCUT2D eigenvalue weighted by atomic mass is 35.5. The summed E-state index contributed by atoms with van der Waals surface area (Å²) in [5, 5.41) is 3.84. The van der Waals surface area contributed by atoms with Crippen molar-refractivity contribution < 1.29 is 14.1 Å². The van der Waals surface area contributed by atoms with Gasteiger partial charge in [-0.3, -0.25) is 4.90 Å². The molecule has 0 aliphatic carbocycles. The number of piperidine rings is 1. The molecule has 118 valence electrons. The standard InChI is InChI=1S/C15H22N2O3.ClH/c1-3-5-12-10-13(16-20-12)14(18)19-15-8-4-6-11(7-9-15)17(15)2;/h10-11H,3-9H2,1-2H3;1H. The number of ether oxygens (including phenoxy) is 1. The highest BCUT2D eigenvalue weighted by Gasteiger charge is 2.49. The fraction of sp³-hybridized carbons (Fsp3) is 0.733. The molecule has 2 atom stereocenters. The maximum absolute atomic E-state index is 12.3. The van der Waals surface area contributed by atoms with E-state index in [0.29, 0.717) is 11.7 Å². The lowest BCUT2D eigenvalue weighted by Gasteiger charge is -2.41. The third-order valence-electron chi connectivity index (χ3n) is 4.71. The van der Waals surface area contributed by atoms with Gasteiger partial charge in [0.25, 0.3) is 0 Å². The number of fused-ring (bicyclic) bond motifs is 2. The van der Waals surface area contributed by atoms with Crippen molar-refractivity contribution in [3.63, 3.8) is 0 Å². The first-order valence-electron chi connectivity index (χ1n) is 7.56. The van der Waals surface area contributed by atoms with Gasteiger partial charge in [-0.2, -0.15) is 0 Å². The minimum Gasteiger partial charge on any atom is -0.439 e. The quantitative estimate of drug-likeness (QED) is 0.799. The number of aromatic nitrogens is 1. The Morgan fingerprint density at radius 2 is 2.33 bits per heavy atom. The van der Waals surface area contributed by atoms with Crippen LogP contribution in [-0.2, 0) is 11.2 Å². The molecule has 1 aromatic heterocycles. The number of hydrogen-bond acceptors (Lipinski definition) is 5. The molecule has 21 heavy (non-hydrogen) atoms. The topological polar surface area (TPSA) is 55.6 Å². The summed E-state index contributed by atoms with van der Waals surface area (Å²) in [6, 6.07) is 2.27. The SMILES string of the molecule is CCCc1cc(C(=O)OC23CCCC(CC2)N3C)no1.Cl. The van der Waals surface area contributed by atoms with E-state index in [2.05, 4.69) is 24.0 Å². The summed E-state index contributed by atoms with van der Waals surface area (Å²) in [7, 11) is 2.06. The van der Waals surface area contributed by atoms with E-state index >= 15 is 0 Å². The molecule has 5 nitrogen and oxygen atoms in total. The molecule has 0 saturated carbocycles. The Labute approximate surface area is 131 Å². The Bertz CT molecular complexity index is 501. The molecule has 2 aliphatic rings. The Morgan fingerprint density at radius 1 is 1.52 bits per heavy atom. The maximum Gasteiger partial charge on any atom is 0.362 e. The Morgan fingerprint density at radius 3 is 3.10 bits per heavy atom. The fourth-order valence-corrected chi connectivity index (χ4v) is 3.52. The van der Waals surface area contributed by atoms with Crippen LogP contribution in [-0.4, -0.2) is 34.8 Å². The van der Waals surface area contributed by atoms with E-state index in [0.717, 1.165) is 44.3 Å². The molecule has 2 saturated heterocycles. The number of halogens is 1. The smallest absolute Gasteiger partial charge is 0.362 e. The van der Waals surface area contributed by atoms with E-state index in [9.17, 15) is 4.79 Å². The molecular weight excluding hydrogens is 292 g/mol. The van der Waals surface area contributed by atoms with Gasteiger partial charge in [0.15, 0.2) is 11.4 Å². The van der Waals surface area contributed by atoms with Gasteiger partial charge in [-0.05, 0) is 32.7 Å². The molecule has 2 bridgehead atoms. The zero-order valence-electron chi connectivity index (χ0n) is 12.6. The molecular formula is C15H23ClN2O3. The molecule has 0 spiro atoms. The predicted octanol–water partition coefficient (Wildman–Crippen LogP) is 3.18. The highest BCUT2D eigenvalue weighted by molar-refractivity contribution is 5.87. The molecule has 0 N–H and O–H groups in total. The van der Waals surface area contributed by atoms with Crippen molar-refractivity contribution in [3.05, 3.63) is 17.5 Å². The zero-order chi connectivity index (χ0) is 14.2. The zero-order valence-corrected chi connectivity index (χ0v) is 13.4. The average Bonchev–Trinajstić information content (AvgIpc) is 2.93. The third-order valence-corrected chi connectivity index (χ3v) is 4.71. The van der Waals surface area contributed by atoms with Crippen molar-refractivity contribution in [2.75, 3.05) is 7.05 Å². The summed E-state index contributed by atoms with van der Waals surface area (Å²) in [5.74, 6) is 0.392. The van der Waals surface area contributed by atoms with Gasteiger partial charge in [-0.25, -0.2) is 4.79 Å². The first kappa shape index (κ1) is 16.3. The van der Waals surface area contributed by atoms with Crippen molar-refractivity contribution in [3.8, 4) is 0 Å². The minimum atomic E-state index is -0.413. The molecule has 6 heteroatoms. The molecule has 0 aromatic carbocycles. The average molecular weight is 315 g/mol. The van der Waals surface area contributed by atoms with E-state index in [1.54, 1.807) is 6.07 Å². The van der Waals surface area contributed by atoms with Gasteiger partial charge in [0.2, 0.25) is 0 Å². The van der Waals surface area contributed by atoms with Gasteiger partial charge < -0.3 is 9.26 Å². The second-order valence-electron chi connectivity index (χ2n) is 5.96. The van der Waals surface area contributed by atoms with Crippen LogP contribution in [0.4, 0.5) is 0 Å². The summed E-state index contributed by atoms with van der Waals surface area (Å²) in [5.41, 5.74) is -0.116. The van der Waals surface area contributed by atoms with Gasteiger partial charge in [0.1, 0.15) is 5.76 Å². The van der Waals surface area contributed by atoms with Gasteiger partial charge in [-0.15, -0.1) is 12.4 Å². The van der Waals surface area contributed by atoms with Crippen molar-refractivity contribution >= 4 is 18.4 Å². The summed E-state index contributed by atoms with van der Waals surface area (Å²) in [6.45, 7) is 2.06. The van der Waals surface area contributed by atoms with Crippen LogP contribution < -0.4 is 0 Å². The van der Waals surface area contributed by atoms with E-state index in [1.165, 1.54) is 6.42 Å². The van der Waals surface area contributed by atoms with Crippen LogP contribution in [0.3, 0.4) is 0 Å². The third kappa shape index (κ3) is 2.94. The molecule has 1 aromatic rings. The Balaban J connectivity index is 0.00000161. The summed E-state index contributed by atoms with van der Waals surface area (Å²) < 4.78 is 11.0. The number of carbonyl (C=O) groups is 1. The fourth-order valence-electron chi connectivity index (χ4n) is 3.52. The highest BCUT2D eigenvalue weighted by Crippen LogP contribution is 2.43. The van der Waals surface area contributed by atoms with Gasteiger partial charge in [0.05, 0.1) is 0 Å². The lowest BCUT2D eigenvalue weighted by Crippen LogP contribution is -2.50. The normalized spacial score (nSPS) is 28.2. The van der Waals surface area contributed by atoms with Crippen molar-refractivity contribution in [2.45, 2.75) is 63.6 Å². The molecule has 0 amide bonds. The predicted molar refractivity (Wildman–Crippen MR) is 80.5 cm³/mol. The summed E-state index contributed by atoms with van der Waals surface area (Å²) in [4.78, 5) is 14.5. The van der Waals surface area contributed by atoms with Crippen LogP contribution in [0.1, 0.15) is 61.7 Å². The number of carbonyl (C=O) groups excluding carboxylic acids is 1. The minimum absolute atomic E-state index is 0. The largest absolute Gasteiger partial charge is 0.439 e. The Hall–Kier alpha value is -1.07. The van der Waals surface area contributed by atoms with Crippen LogP contribution in [0, 0.1) is 0 Å². The van der Waals surface area contributed by atoms with Gasteiger partial charge in [-0.1, -0.05) is 12.1 Å². The Kier molecular flexibility index (Phi) is 4.94. The monoisotopic (exact) mass is 314 g/mol. The molecule has 2 fully saturated rings.